The van der Waals surface area contributed by atoms with E-state index in [1.54, 1.807) is 0 Å². The second-order valence-electron chi connectivity index (χ2n) is 7.68. The molecule has 32 heavy (non-hydrogen) atoms. The van der Waals surface area contributed by atoms with E-state index in [1.807, 2.05) is 0 Å². The average molecular weight is 474 g/mol. The van der Waals surface area contributed by atoms with Gasteiger partial charge in [-0.05, 0) is 47.0 Å². The van der Waals surface area contributed by atoms with Gasteiger partial charge >= 0.3 is 12.4 Å². The molecule has 1 N–H and O–H groups in total. The normalized spacial score (nSPS) is 24.1. The smallest absolute Gasteiger partial charge is 0.302 e. The zero-order valence-corrected chi connectivity index (χ0v) is 17.0. The number of sulfone groups is 1. The number of hydrazone groups is 1. The monoisotopic (exact) mass is 474 g/mol. The third-order valence-corrected chi connectivity index (χ3v) is 6.96. The summed E-state index contributed by atoms with van der Waals surface area (Å²) in [6.07, 6.45) is -7.80. The highest BCUT2D eigenvalue weighted by Gasteiger charge is 2.43. The SMILES string of the molecule is O=S1(=O)C/C(=C/c2cccc(C(F)(F)F)c2)C2=NNC(c3cccc(C(F)(F)F)c3)C2C1. The lowest BCUT2D eigenvalue weighted by molar-refractivity contribution is -0.138. The molecule has 0 bridgehead atoms. The summed E-state index contributed by atoms with van der Waals surface area (Å²) in [6.45, 7) is 0. The number of rotatable bonds is 2. The highest BCUT2D eigenvalue weighted by Crippen LogP contribution is 2.38. The summed E-state index contributed by atoms with van der Waals surface area (Å²) < 4.78 is 103. The van der Waals surface area contributed by atoms with Crippen LogP contribution in [0.3, 0.4) is 0 Å². The van der Waals surface area contributed by atoms with Gasteiger partial charge in [0.05, 0.1) is 34.4 Å². The molecule has 0 aliphatic carbocycles. The topological polar surface area (TPSA) is 58.5 Å². The number of nitrogens with one attached hydrogen (secondary N) is 1. The summed E-state index contributed by atoms with van der Waals surface area (Å²) in [5.41, 5.74) is 1.87. The number of hydrogen-bond acceptors (Lipinski definition) is 4. The van der Waals surface area contributed by atoms with Gasteiger partial charge in [-0.15, -0.1) is 0 Å². The van der Waals surface area contributed by atoms with Gasteiger partial charge in [0.2, 0.25) is 0 Å². The van der Waals surface area contributed by atoms with Gasteiger partial charge in [-0.2, -0.15) is 31.4 Å². The molecule has 2 aliphatic heterocycles. The van der Waals surface area contributed by atoms with E-state index in [0.717, 1.165) is 24.3 Å². The Bertz CT molecular complexity index is 1220. The first kappa shape index (κ1) is 22.4. The molecule has 0 saturated carbocycles. The number of hydrogen-bond donors (Lipinski definition) is 1. The van der Waals surface area contributed by atoms with Crippen molar-refractivity contribution in [2.45, 2.75) is 18.4 Å². The van der Waals surface area contributed by atoms with Crippen LogP contribution in [0.2, 0.25) is 0 Å². The molecule has 1 saturated heterocycles. The predicted octanol–water partition coefficient (Wildman–Crippen LogP) is 4.85. The Morgan fingerprint density at radius 2 is 1.56 bits per heavy atom. The van der Waals surface area contributed by atoms with Crippen LogP contribution in [0, 0.1) is 5.92 Å². The van der Waals surface area contributed by atoms with E-state index in [9.17, 15) is 34.8 Å². The summed E-state index contributed by atoms with van der Waals surface area (Å²) in [4.78, 5) is 0. The largest absolute Gasteiger partial charge is 0.416 e. The first-order valence-electron chi connectivity index (χ1n) is 9.42. The van der Waals surface area contributed by atoms with E-state index in [-0.39, 0.29) is 22.5 Å². The third kappa shape index (κ3) is 4.52. The molecule has 2 unspecified atom stereocenters. The van der Waals surface area contributed by atoms with Crippen molar-refractivity contribution in [2.75, 3.05) is 11.5 Å². The molecule has 2 aliphatic rings. The first-order chi connectivity index (χ1) is 14.8. The number of alkyl halides is 6. The van der Waals surface area contributed by atoms with Gasteiger partial charge in [0.1, 0.15) is 0 Å². The molecule has 0 amide bonds. The standard InChI is InChI=1S/C21H16F6N2O2S/c22-20(23,24)15-5-1-3-12(8-15)7-14-10-32(30,31)11-17-18(28-29-19(14)17)13-4-2-6-16(9-13)21(25,26)27/h1-9,17-18,28H,10-11H2/b14-7-. The van der Waals surface area contributed by atoms with Crippen LogP contribution >= 0.6 is 0 Å². The fourth-order valence-electron chi connectivity index (χ4n) is 3.94. The molecule has 4 rings (SSSR count). The lowest BCUT2D eigenvalue weighted by atomic mass is 9.87. The third-order valence-electron chi connectivity index (χ3n) is 5.34. The van der Waals surface area contributed by atoms with Crippen LogP contribution in [-0.4, -0.2) is 25.6 Å². The maximum absolute atomic E-state index is 13.1. The highest BCUT2D eigenvalue weighted by molar-refractivity contribution is 7.91. The van der Waals surface area contributed by atoms with Crippen LogP contribution in [0.4, 0.5) is 26.3 Å². The summed E-state index contributed by atoms with van der Waals surface area (Å²) in [5.74, 6) is -1.52. The van der Waals surface area contributed by atoms with Crippen LogP contribution in [0.1, 0.15) is 28.3 Å². The van der Waals surface area contributed by atoms with Gasteiger partial charge in [-0.3, -0.25) is 0 Å². The van der Waals surface area contributed by atoms with Crippen molar-refractivity contribution in [3.63, 3.8) is 0 Å². The molecule has 0 radical (unpaired) electrons. The first-order valence-corrected chi connectivity index (χ1v) is 11.2. The fourth-order valence-corrected chi connectivity index (χ4v) is 5.66. The Hall–Kier alpha value is -2.82. The second kappa shape index (κ2) is 7.65. The van der Waals surface area contributed by atoms with E-state index >= 15 is 0 Å². The summed E-state index contributed by atoms with van der Waals surface area (Å²) >= 11 is 0. The maximum atomic E-state index is 13.1. The number of fused-ring (bicyclic) bond motifs is 1. The average Bonchev–Trinajstić information content (AvgIpc) is 3.09. The van der Waals surface area contributed by atoms with Crippen molar-refractivity contribution in [2.24, 2.45) is 11.0 Å². The molecule has 2 heterocycles. The van der Waals surface area contributed by atoms with Crippen molar-refractivity contribution in [1.82, 2.24) is 5.43 Å². The summed E-state index contributed by atoms with van der Waals surface area (Å²) in [6, 6.07) is 8.14. The van der Waals surface area contributed by atoms with Gasteiger partial charge in [0.15, 0.2) is 9.84 Å². The van der Waals surface area contributed by atoms with Gasteiger partial charge in [-0.1, -0.05) is 24.3 Å². The molecule has 1 fully saturated rings. The zero-order valence-electron chi connectivity index (χ0n) is 16.2. The summed E-state index contributed by atoms with van der Waals surface area (Å²) in [7, 11) is -3.66. The van der Waals surface area contributed by atoms with Crippen molar-refractivity contribution < 1.29 is 34.8 Å². The molecule has 0 spiro atoms. The number of halogens is 6. The predicted molar refractivity (Wildman–Crippen MR) is 106 cm³/mol. The Morgan fingerprint density at radius 1 is 0.938 bits per heavy atom. The van der Waals surface area contributed by atoms with E-state index < -0.39 is 51.0 Å². The lowest BCUT2D eigenvalue weighted by Crippen LogP contribution is -2.36. The van der Waals surface area contributed by atoms with Crippen LogP contribution in [0.15, 0.2) is 59.2 Å². The molecule has 2 aromatic rings. The van der Waals surface area contributed by atoms with Gasteiger partial charge in [0, 0.05) is 5.92 Å². The van der Waals surface area contributed by atoms with Crippen molar-refractivity contribution in [1.29, 1.82) is 0 Å². The van der Waals surface area contributed by atoms with Crippen LogP contribution in [0.25, 0.3) is 6.08 Å². The second-order valence-corrected chi connectivity index (χ2v) is 9.79. The Balaban J connectivity index is 1.70. The van der Waals surface area contributed by atoms with E-state index in [2.05, 4.69) is 10.5 Å². The van der Waals surface area contributed by atoms with E-state index in [4.69, 9.17) is 0 Å². The quantitative estimate of drug-likeness (QED) is 0.633. The zero-order chi connectivity index (χ0) is 23.3. The molecule has 11 heteroatoms. The molecule has 170 valence electrons. The fraction of sp³-hybridized carbons (Fsp3) is 0.286. The molecule has 2 aromatic carbocycles. The highest BCUT2D eigenvalue weighted by atomic mass is 32.2. The summed E-state index contributed by atoms with van der Waals surface area (Å²) in [5, 5.41) is 4.15. The molecular weight excluding hydrogens is 458 g/mol. The van der Waals surface area contributed by atoms with Crippen molar-refractivity contribution in [3.8, 4) is 0 Å². The maximum Gasteiger partial charge on any atom is 0.416 e. The molecular formula is C21H16F6N2O2S. The number of nitrogens with zero attached hydrogens (tertiary/aromatic N) is 1. The van der Waals surface area contributed by atoms with E-state index in [0.29, 0.717) is 5.71 Å². The van der Waals surface area contributed by atoms with Gasteiger partial charge in [-0.25, -0.2) is 8.42 Å². The Morgan fingerprint density at radius 3 is 2.22 bits per heavy atom. The van der Waals surface area contributed by atoms with Crippen LogP contribution in [0.5, 0.6) is 0 Å². The minimum Gasteiger partial charge on any atom is -0.302 e. The number of benzene rings is 2. The molecule has 4 nitrogen and oxygen atoms in total. The van der Waals surface area contributed by atoms with Gasteiger partial charge < -0.3 is 5.43 Å². The minimum absolute atomic E-state index is 0.149. The van der Waals surface area contributed by atoms with Crippen molar-refractivity contribution >= 4 is 21.6 Å². The molecule has 0 aromatic heterocycles. The molecule has 2 atom stereocenters. The van der Waals surface area contributed by atoms with Crippen LogP contribution < -0.4 is 5.43 Å². The Kier molecular flexibility index (Phi) is 5.35. The van der Waals surface area contributed by atoms with Crippen LogP contribution in [-0.2, 0) is 22.2 Å². The lowest BCUT2D eigenvalue weighted by Gasteiger charge is -2.26. The van der Waals surface area contributed by atoms with Gasteiger partial charge in [0.25, 0.3) is 0 Å². The van der Waals surface area contributed by atoms with Crippen molar-refractivity contribution in [3.05, 3.63) is 76.4 Å². The minimum atomic E-state index is -4.56. The Labute approximate surface area is 179 Å². The van der Waals surface area contributed by atoms with E-state index in [1.165, 1.54) is 30.3 Å².